The molecular formula is C11H17N3S. The lowest BCUT2D eigenvalue weighted by Crippen LogP contribution is -2.22. The summed E-state index contributed by atoms with van der Waals surface area (Å²) >= 11 is 1.61. The van der Waals surface area contributed by atoms with Crippen molar-refractivity contribution in [2.45, 2.75) is 50.4 Å². The molecule has 2 aliphatic rings. The van der Waals surface area contributed by atoms with E-state index in [1.165, 1.54) is 50.0 Å². The van der Waals surface area contributed by atoms with E-state index < -0.39 is 0 Å². The van der Waals surface area contributed by atoms with Gasteiger partial charge in [0.2, 0.25) is 5.13 Å². The smallest absolute Gasteiger partial charge is 0.203 e. The van der Waals surface area contributed by atoms with Crippen LogP contribution in [0.5, 0.6) is 0 Å². The minimum atomic E-state index is 0.399. The predicted molar refractivity (Wildman–Crippen MR) is 61.8 cm³/mol. The molecule has 0 aromatic carbocycles. The van der Waals surface area contributed by atoms with Crippen molar-refractivity contribution < 1.29 is 0 Å². The van der Waals surface area contributed by atoms with Gasteiger partial charge in [-0.1, -0.05) is 30.6 Å². The SMILES string of the molecule is Nc1nnc(C2(C3CCCCC3)CC2)s1. The van der Waals surface area contributed by atoms with Gasteiger partial charge in [-0.25, -0.2) is 0 Å². The van der Waals surface area contributed by atoms with E-state index in [0.717, 1.165) is 5.92 Å². The third-order valence-electron chi connectivity index (χ3n) is 4.04. The lowest BCUT2D eigenvalue weighted by molar-refractivity contribution is 0.288. The van der Waals surface area contributed by atoms with Crippen LogP contribution >= 0.6 is 11.3 Å². The molecule has 0 unspecified atom stereocenters. The van der Waals surface area contributed by atoms with Crippen LogP contribution in [0.4, 0.5) is 5.13 Å². The van der Waals surface area contributed by atoms with Gasteiger partial charge in [0.1, 0.15) is 5.01 Å². The summed E-state index contributed by atoms with van der Waals surface area (Å²) in [7, 11) is 0. The van der Waals surface area contributed by atoms with Crippen LogP contribution in [0, 0.1) is 5.92 Å². The molecule has 0 radical (unpaired) electrons. The summed E-state index contributed by atoms with van der Waals surface area (Å²) in [5.74, 6) is 0.860. The van der Waals surface area contributed by atoms with Crippen LogP contribution in [0.1, 0.15) is 50.0 Å². The highest BCUT2D eigenvalue weighted by atomic mass is 32.1. The van der Waals surface area contributed by atoms with Crippen LogP contribution in [-0.2, 0) is 5.41 Å². The van der Waals surface area contributed by atoms with Crippen LogP contribution in [0.15, 0.2) is 0 Å². The summed E-state index contributed by atoms with van der Waals surface area (Å²) in [6.07, 6.45) is 9.63. The Bertz CT molecular complexity index is 350. The van der Waals surface area contributed by atoms with Crippen LogP contribution < -0.4 is 5.73 Å². The molecule has 3 rings (SSSR count). The molecule has 2 saturated carbocycles. The van der Waals surface area contributed by atoms with Crippen LogP contribution in [0.2, 0.25) is 0 Å². The van der Waals surface area contributed by atoms with Gasteiger partial charge in [-0.2, -0.15) is 0 Å². The Morgan fingerprint density at radius 1 is 1.13 bits per heavy atom. The molecule has 2 N–H and O–H groups in total. The summed E-state index contributed by atoms with van der Waals surface area (Å²) in [5, 5.41) is 10.1. The number of hydrogen-bond acceptors (Lipinski definition) is 4. The molecule has 0 amide bonds. The summed E-state index contributed by atoms with van der Waals surface area (Å²) in [6.45, 7) is 0. The first-order valence-corrected chi connectivity index (χ1v) is 6.72. The molecule has 0 bridgehead atoms. The maximum absolute atomic E-state index is 5.68. The summed E-state index contributed by atoms with van der Waals surface area (Å²) in [4.78, 5) is 0. The van der Waals surface area contributed by atoms with E-state index in [0.29, 0.717) is 10.5 Å². The van der Waals surface area contributed by atoms with Crippen molar-refractivity contribution in [3.8, 4) is 0 Å². The summed E-state index contributed by atoms with van der Waals surface area (Å²) in [5.41, 5.74) is 6.08. The van der Waals surface area contributed by atoms with Gasteiger partial charge in [-0.15, -0.1) is 10.2 Å². The minimum Gasteiger partial charge on any atom is -0.374 e. The Labute approximate surface area is 94.1 Å². The largest absolute Gasteiger partial charge is 0.374 e. The third kappa shape index (κ3) is 1.55. The molecule has 0 aliphatic heterocycles. The first-order valence-electron chi connectivity index (χ1n) is 5.91. The quantitative estimate of drug-likeness (QED) is 0.838. The monoisotopic (exact) mass is 223 g/mol. The highest BCUT2D eigenvalue weighted by Gasteiger charge is 2.52. The van der Waals surface area contributed by atoms with Crippen LogP contribution in [0.3, 0.4) is 0 Å². The molecule has 2 fully saturated rings. The standard InChI is InChI=1S/C11H17N3S/c12-10-14-13-9(15-10)11(6-7-11)8-4-2-1-3-5-8/h8H,1-7H2,(H2,12,14). The van der Waals surface area contributed by atoms with Crippen molar-refractivity contribution in [1.82, 2.24) is 10.2 Å². The minimum absolute atomic E-state index is 0.399. The lowest BCUT2D eigenvalue weighted by Gasteiger charge is -2.28. The molecule has 0 atom stereocenters. The van der Waals surface area contributed by atoms with E-state index in [1.54, 1.807) is 11.3 Å². The van der Waals surface area contributed by atoms with Gasteiger partial charge in [0, 0.05) is 5.41 Å². The molecule has 1 aromatic heterocycles. The zero-order valence-corrected chi connectivity index (χ0v) is 9.72. The molecule has 1 aromatic rings. The fourth-order valence-electron chi connectivity index (χ4n) is 3.02. The Morgan fingerprint density at radius 3 is 2.40 bits per heavy atom. The number of nitrogen functional groups attached to an aromatic ring is 1. The number of hydrogen-bond donors (Lipinski definition) is 1. The first kappa shape index (κ1) is 9.58. The van der Waals surface area contributed by atoms with E-state index in [-0.39, 0.29) is 0 Å². The lowest BCUT2D eigenvalue weighted by atomic mass is 9.78. The maximum atomic E-state index is 5.68. The van der Waals surface area contributed by atoms with Gasteiger partial charge in [-0.05, 0) is 31.6 Å². The Hall–Kier alpha value is -0.640. The average molecular weight is 223 g/mol. The second kappa shape index (κ2) is 3.44. The highest BCUT2D eigenvalue weighted by molar-refractivity contribution is 7.15. The van der Waals surface area contributed by atoms with Crippen molar-refractivity contribution in [1.29, 1.82) is 0 Å². The molecule has 82 valence electrons. The molecule has 4 heteroatoms. The molecule has 1 heterocycles. The first-order chi connectivity index (χ1) is 7.31. The van der Waals surface area contributed by atoms with Crippen molar-refractivity contribution in [2.24, 2.45) is 5.92 Å². The van der Waals surface area contributed by atoms with Crippen LogP contribution in [-0.4, -0.2) is 10.2 Å². The van der Waals surface area contributed by atoms with Gasteiger partial charge < -0.3 is 5.73 Å². The fourth-order valence-corrected chi connectivity index (χ4v) is 3.96. The predicted octanol–water partition coefficient (Wildman–Crippen LogP) is 2.73. The van der Waals surface area contributed by atoms with Crippen molar-refractivity contribution in [3.63, 3.8) is 0 Å². The van der Waals surface area contributed by atoms with Crippen molar-refractivity contribution in [2.75, 3.05) is 5.73 Å². The number of aromatic nitrogens is 2. The molecular weight excluding hydrogens is 206 g/mol. The van der Waals surface area contributed by atoms with Gasteiger partial charge in [0.05, 0.1) is 0 Å². The zero-order valence-electron chi connectivity index (χ0n) is 8.91. The number of nitrogens with two attached hydrogens (primary N) is 1. The average Bonchev–Trinajstić information content (AvgIpc) is 2.98. The van der Waals surface area contributed by atoms with E-state index >= 15 is 0 Å². The Morgan fingerprint density at radius 2 is 1.87 bits per heavy atom. The van der Waals surface area contributed by atoms with Gasteiger partial charge in [-0.3, -0.25) is 0 Å². The number of anilines is 1. The molecule has 0 spiro atoms. The summed E-state index contributed by atoms with van der Waals surface area (Å²) in [6, 6.07) is 0. The van der Waals surface area contributed by atoms with Gasteiger partial charge in [0.15, 0.2) is 0 Å². The molecule has 2 aliphatic carbocycles. The van der Waals surface area contributed by atoms with Gasteiger partial charge >= 0.3 is 0 Å². The molecule has 3 nitrogen and oxygen atoms in total. The summed E-state index contributed by atoms with van der Waals surface area (Å²) < 4.78 is 0. The normalized spacial score (nSPS) is 25.3. The Balaban J connectivity index is 1.83. The Kier molecular flexibility index (Phi) is 2.20. The van der Waals surface area contributed by atoms with Gasteiger partial charge in [0.25, 0.3) is 0 Å². The number of rotatable bonds is 2. The van der Waals surface area contributed by atoms with E-state index in [4.69, 9.17) is 5.73 Å². The van der Waals surface area contributed by atoms with Crippen molar-refractivity contribution >= 4 is 16.5 Å². The van der Waals surface area contributed by atoms with Crippen molar-refractivity contribution in [3.05, 3.63) is 5.01 Å². The fraction of sp³-hybridized carbons (Fsp3) is 0.818. The van der Waals surface area contributed by atoms with Crippen LogP contribution in [0.25, 0.3) is 0 Å². The topological polar surface area (TPSA) is 51.8 Å². The van der Waals surface area contributed by atoms with E-state index in [9.17, 15) is 0 Å². The van der Waals surface area contributed by atoms with E-state index in [2.05, 4.69) is 10.2 Å². The highest BCUT2D eigenvalue weighted by Crippen LogP contribution is 2.58. The second-order valence-electron chi connectivity index (χ2n) is 4.94. The maximum Gasteiger partial charge on any atom is 0.203 e. The molecule has 0 saturated heterocycles. The number of nitrogens with zero attached hydrogens (tertiary/aromatic N) is 2. The third-order valence-corrected chi connectivity index (χ3v) is 5.01. The zero-order chi connectivity index (χ0) is 10.3. The van der Waals surface area contributed by atoms with E-state index in [1.807, 2.05) is 0 Å². The second-order valence-corrected chi connectivity index (χ2v) is 5.95. The molecule has 15 heavy (non-hydrogen) atoms.